The fraction of sp³-hybridized carbons (Fsp3) is 0.448. The number of rotatable bonds is 10. The smallest absolute Gasteiger partial charge is 0.348 e. The Morgan fingerprint density at radius 2 is 1.82 bits per heavy atom. The average Bonchev–Trinajstić information content (AvgIpc) is 2.90. The Kier molecular flexibility index (Phi) is 10.4. The first kappa shape index (κ1) is 29.2. The molecule has 1 saturated heterocycles. The number of likely N-dealkylation sites (tertiary alicyclic amines) is 1. The molecular formula is C29H37F3N4O2. The minimum Gasteiger partial charge on any atom is -0.348 e. The van der Waals surface area contributed by atoms with E-state index in [2.05, 4.69) is 36.0 Å². The summed E-state index contributed by atoms with van der Waals surface area (Å²) < 4.78 is 39.7. The predicted molar refractivity (Wildman–Crippen MR) is 143 cm³/mol. The predicted octanol–water partition coefficient (Wildman–Crippen LogP) is 6.19. The zero-order chi connectivity index (χ0) is 27.7. The molecule has 38 heavy (non-hydrogen) atoms. The summed E-state index contributed by atoms with van der Waals surface area (Å²) in [5.74, 6) is -0.299. The zero-order valence-corrected chi connectivity index (χ0v) is 22.1. The van der Waals surface area contributed by atoms with Crippen molar-refractivity contribution >= 4 is 17.6 Å². The minimum atomic E-state index is -4.50. The quantitative estimate of drug-likeness (QED) is 0.360. The van der Waals surface area contributed by atoms with E-state index in [-0.39, 0.29) is 30.7 Å². The Morgan fingerprint density at radius 3 is 2.45 bits per heavy atom. The van der Waals surface area contributed by atoms with Crippen LogP contribution in [0, 0.1) is 0 Å². The first-order valence-electron chi connectivity index (χ1n) is 13.1. The van der Waals surface area contributed by atoms with Crippen LogP contribution in [0.1, 0.15) is 56.2 Å². The molecule has 2 aromatic carbocycles. The van der Waals surface area contributed by atoms with E-state index in [9.17, 15) is 22.8 Å². The Labute approximate surface area is 222 Å². The van der Waals surface area contributed by atoms with Gasteiger partial charge < -0.3 is 20.4 Å². The normalized spacial score (nSPS) is 15.5. The number of anilines is 1. The Hall–Kier alpha value is -3.33. The molecule has 0 spiro atoms. The molecule has 1 aliphatic heterocycles. The van der Waals surface area contributed by atoms with Gasteiger partial charge in [-0.05, 0) is 61.6 Å². The molecule has 2 N–H and O–H groups in total. The number of carbonyl (C=O) groups excluding carboxylic acids is 2. The first-order valence-corrected chi connectivity index (χ1v) is 13.1. The van der Waals surface area contributed by atoms with Gasteiger partial charge in [-0.15, -0.1) is 0 Å². The third-order valence-electron chi connectivity index (χ3n) is 7.07. The van der Waals surface area contributed by atoms with E-state index in [0.717, 1.165) is 62.0 Å². The molecule has 1 atom stereocenters. The van der Waals surface area contributed by atoms with E-state index >= 15 is 0 Å². The van der Waals surface area contributed by atoms with Gasteiger partial charge in [0.05, 0.1) is 5.56 Å². The molecule has 1 heterocycles. The molecule has 0 bridgehead atoms. The number of nitrogens with one attached hydrogen (secondary N) is 2. The van der Waals surface area contributed by atoms with Crippen molar-refractivity contribution < 1.29 is 22.8 Å². The standard InChI is InChI=1S/C29H37F3N4O2/c1-4-9-21(3)35-16-14-26(15-17-35)36(20-23-11-7-6-10-22(23)19-33-27(37)5-2)28(38)34-25-13-8-12-24(18-25)29(30,31)32/h5-8,10-13,18,21,26H,2,4,9,14-17,19-20H2,1,3H3,(H,33,37)(H,34,38). The highest BCUT2D eigenvalue weighted by atomic mass is 19.4. The van der Waals surface area contributed by atoms with Crippen LogP contribution in [0.15, 0.2) is 61.2 Å². The summed E-state index contributed by atoms with van der Waals surface area (Å²) >= 11 is 0. The number of benzene rings is 2. The SMILES string of the molecule is C=CC(=O)NCc1ccccc1CN(C(=O)Nc1cccc(C(F)(F)F)c1)C1CCN(C(C)CCC)CC1. The second kappa shape index (κ2) is 13.5. The first-order chi connectivity index (χ1) is 18.1. The van der Waals surface area contributed by atoms with Crippen molar-refractivity contribution in [3.63, 3.8) is 0 Å². The molecule has 1 unspecified atom stereocenters. The largest absolute Gasteiger partial charge is 0.416 e. The molecule has 1 fully saturated rings. The molecular weight excluding hydrogens is 493 g/mol. The van der Waals surface area contributed by atoms with Crippen LogP contribution in [0.25, 0.3) is 0 Å². The molecule has 3 rings (SSSR count). The summed E-state index contributed by atoms with van der Waals surface area (Å²) in [6, 6.07) is 12.1. The minimum absolute atomic E-state index is 0.0818. The van der Waals surface area contributed by atoms with Crippen LogP contribution in [-0.2, 0) is 24.1 Å². The molecule has 0 aromatic heterocycles. The Balaban J connectivity index is 1.83. The third kappa shape index (κ3) is 8.08. The lowest BCUT2D eigenvalue weighted by molar-refractivity contribution is -0.137. The van der Waals surface area contributed by atoms with Gasteiger partial charge in [0.2, 0.25) is 5.91 Å². The molecule has 6 nitrogen and oxygen atoms in total. The van der Waals surface area contributed by atoms with Gasteiger partial charge in [0.15, 0.2) is 0 Å². The van der Waals surface area contributed by atoms with Crippen LogP contribution in [0.3, 0.4) is 0 Å². The summed E-state index contributed by atoms with van der Waals surface area (Å²) in [7, 11) is 0. The van der Waals surface area contributed by atoms with Crippen molar-refractivity contribution in [1.29, 1.82) is 0 Å². The van der Waals surface area contributed by atoms with Crippen LogP contribution in [0.4, 0.5) is 23.7 Å². The number of alkyl halides is 3. The van der Waals surface area contributed by atoms with Crippen molar-refractivity contribution in [1.82, 2.24) is 15.1 Å². The lowest BCUT2D eigenvalue weighted by atomic mass is 9.99. The maximum atomic E-state index is 13.6. The lowest BCUT2D eigenvalue weighted by Gasteiger charge is -2.41. The summed E-state index contributed by atoms with van der Waals surface area (Å²) in [6.07, 6.45) is 0.431. The summed E-state index contributed by atoms with van der Waals surface area (Å²) in [5, 5.41) is 5.47. The number of carbonyl (C=O) groups is 2. The number of urea groups is 1. The van der Waals surface area contributed by atoms with Crippen molar-refractivity contribution in [2.24, 2.45) is 0 Å². The van der Waals surface area contributed by atoms with Gasteiger partial charge in [0.25, 0.3) is 0 Å². The van der Waals surface area contributed by atoms with E-state index in [4.69, 9.17) is 0 Å². The van der Waals surface area contributed by atoms with Gasteiger partial charge in [0.1, 0.15) is 0 Å². The topological polar surface area (TPSA) is 64.7 Å². The van der Waals surface area contributed by atoms with E-state index in [0.29, 0.717) is 6.04 Å². The third-order valence-corrected chi connectivity index (χ3v) is 7.07. The fourth-order valence-electron chi connectivity index (χ4n) is 4.90. The van der Waals surface area contributed by atoms with Crippen molar-refractivity contribution in [2.75, 3.05) is 18.4 Å². The monoisotopic (exact) mass is 530 g/mol. The summed E-state index contributed by atoms with van der Waals surface area (Å²) in [6.45, 7) is 10.1. The van der Waals surface area contributed by atoms with E-state index < -0.39 is 17.8 Å². The van der Waals surface area contributed by atoms with Gasteiger partial charge in [-0.3, -0.25) is 4.79 Å². The summed E-state index contributed by atoms with van der Waals surface area (Å²) in [5.41, 5.74) is 0.991. The fourth-order valence-corrected chi connectivity index (χ4v) is 4.90. The molecule has 0 saturated carbocycles. The van der Waals surface area contributed by atoms with Gasteiger partial charge in [-0.25, -0.2) is 4.79 Å². The number of piperidine rings is 1. The van der Waals surface area contributed by atoms with Crippen LogP contribution < -0.4 is 10.6 Å². The van der Waals surface area contributed by atoms with E-state index in [1.807, 2.05) is 24.3 Å². The number of amides is 3. The van der Waals surface area contributed by atoms with E-state index in [1.54, 1.807) is 4.90 Å². The number of hydrogen-bond donors (Lipinski definition) is 2. The molecule has 206 valence electrons. The molecule has 0 aliphatic carbocycles. The maximum absolute atomic E-state index is 13.6. The second-order valence-corrected chi connectivity index (χ2v) is 9.73. The van der Waals surface area contributed by atoms with Crippen LogP contribution in [0.2, 0.25) is 0 Å². The van der Waals surface area contributed by atoms with Crippen LogP contribution in [0.5, 0.6) is 0 Å². The van der Waals surface area contributed by atoms with Crippen molar-refractivity contribution in [3.8, 4) is 0 Å². The van der Waals surface area contributed by atoms with Gasteiger partial charge in [-0.2, -0.15) is 13.2 Å². The highest BCUT2D eigenvalue weighted by molar-refractivity contribution is 5.89. The highest BCUT2D eigenvalue weighted by Crippen LogP contribution is 2.31. The van der Waals surface area contributed by atoms with Gasteiger partial charge >= 0.3 is 12.2 Å². The average molecular weight is 531 g/mol. The number of nitrogens with zero attached hydrogens (tertiary/aromatic N) is 2. The molecule has 3 amide bonds. The molecule has 9 heteroatoms. The maximum Gasteiger partial charge on any atom is 0.416 e. The second-order valence-electron chi connectivity index (χ2n) is 9.73. The molecule has 1 aliphatic rings. The van der Waals surface area contributed by atoms with Gasteiger partial charge in [0, 0.05) is 44.0 Å². The number of hydrogen-bond acceptors (Lipinski definition) is 3. The van der Waals surface area contributed by atoms with Crippen LogP contribution in [-0.4, -0.2) is 46.9 Å². The summed E-state index contributed by atoms with van der Waals surface area (Å²) in [4.78, 5) is 29.4. The number of halogens is 3. The zero-order valence-electron chi connectivity index (χ0n) is 22.1. The van der Waals surface area contributed by atoms with Crippen molar-refractivity contribution in [3.05, 3.63) is 77.9 Å². The Morgan fingerprint density at radius 1 is 1.13 bits per heavy atom. The molecule has 2 aromatic rings. The lowest BCUT2D eigenvalue weighted by Crippen LogP contribution is -2.50. The molecule has 0 radical (unpaired) electrons. The van der Waals surface area contributed by atoms with Crippen molar-refractivity contribution in [2.45, 2.75) is 70.9 Å². The van der Waals surface area contributed by atoms with E-state index in [1.165, 1.54) is 18.2 Å². The van der Waals surface area contributed by atoms with Crippen LogP contribution >= 0.6 is 0 Å². The highest BCUT2D eigenvalue weighted by Gasteiger charge is 2.32. The Bertz CT molecular complexity index is 1100. The van der Waals surface area contributed by atoms with Gasteiger partial charge in [-0.1, -0.05) is 50.3 Å².